The maximum atomic E-state index is 13.0. The van der Waals surface area contributed by atoms with Gasteiger partial charge in [0, 0.05) is 18.5 Å². The topological polar surface area (TPSA) is 64.2 Å². The first-order valence-electron chi connectivity index (χ1n) is 7.65. The lowest BCUT2D eigenvalue weighted by molar-refractivity contribution is 0.0844. The maximum Gasteiger partial charge on any atom is 0.187 e. The predicted octanol–water partition coefficient (Wildman–Crippen LogP) is 1.65. The Morgan fingerprint density at radius 3 is 2.81 bits per heavy atom. The minimum absolute atomic E-state index is 0.00971. The second kappa shape index (κ2) is 5.71. The van der Waals surface area contributed by atoms with Gasteiger partial charge >= 0.3 is 0 Å². The van der Waals surface area contributed by atoms with Crippen molar-refractivity contribution in [1.29, 1.82) is 0 Å². The third-order valence-corrected chi connectivity index (χ3v) is 5.35. The first kappa shape index (κ1) is 15.0. The second-order valence-electron chi connectivity index (χ2n) is 6.67. The lowest BCUT2D eigenvalue weighted by Gasteiger charge is -2.27. The van der Waals surface area contributed by atoms with E-state index in [2.05, 4.69) is 10.00 Å². The van der Waals surface area contributed by atoms with Crippen molar-refractivity contribution >= 4 is 17.4 Å². The molecule has 0 radical (unpaired) electrons. The minimum Gasteiger partial charge on any atom is -0.327 e. The summed E-state index contributed by atoms with van der Waals surface area (Å²) in [6.45, 7) is 1.48. The molecule has 0 saturated heterocycles. The average Bonchev–Trinajstić information content (AvgIpc) is 3.10. The molecule has 2 aliphatic rings. The van der Waals surface area contributed by atoms with E-state index < -0.39 is 0 Å². The molecule has 2 fully saturated rings. The van der Waals surface area contributed by atoms with Crippen molar-refractivity contribution in [2.45, 2.75) is 31.8 Å². The van der Waals surface area contributed by atoms with Crippen molar-refractivity contribution in [2.75, 3.05) is 20.6 Å². The molecule has 2 saturated carbocycles. The molecule has 0 amide bonds. The van der Waals surface area contributed by atoms with Gasteiger partial charge in [0.05, 0.1) is 17.8 Å². The van der Waals surface area contributed by atoms with Crippen LogP contribution in [0.15, 0.2) is 6.20 Å². The van der Waals surface area contributed by atoms with Crippen molar-refractivity contribution in [1.82, 2.24) is 14.7 Å². The zero-order valence-corrected chi connectivity index (χ0v) is 13.4. The third-order valence-electron chi connectivity index (χ3n) is 5.07. The highest BCUT2D eigenvalue weighted by molar-refractivity contribution is 6.33. The molecule has 2 aliphatic carbocycles. The highest BCUT2D eigenvalue weighted by Gasteiger charge is 2.50. The van der Waals surface area contributed by atoms with Gasteiger partial charge in [0.15, 0.2) is 5.78 Å². The van der Waals surface area contributed by atoms with Crippen LogP contribution < -0.4 is 5.73 Å². The Morgan fingerprint density at radius 1 is 1.48 bits per heavy atom. The fourth-order valence-electron chi connectivity index (χ4n) is 3.95. The van der Waals surface area contributed by atoms with E-state index in [0.29, 0.717) is 29.1 Å². The van der Waals surface area contributed by atoms with Crippen LogP contribution in [0.3, 0.4) is 0 Å². The molecule has 1 heterocycles. The zero-order chi connectivity index (χ0) is 15.1. The Labute approximate surface area is 130 Å². The van der Waals surface area contributed by atoms with Crippen LogP contribution in [-0.4, -0.2) is 47.1 Å². The normalized spacial score (nSPS) is 31.3. The maximum absolute atomic E-state index is 13.0. The number of likely N-dealkylation sites (N-methyl/N-ethyl adjacent to an activating group) is 1. The summed E-state index contributed by atoms with van der Waals surface area (Å²) in [5.41, 5.74) is 6.84. The van der Waals surface area contributed by atoms with Gasteiger partial charge in [-0.05, 0) is 45.2 Å². The predicted molar refractivity (Wildman–Crippen MR) is 82.4 cm³/mol. The molecule has 4 unspecified atom stereocenters. The van der Waals surface area contributed by atoms with Crippen LogP contribution in [0.2, 0.25) is 5.02 Å². The van der Waals surface area contributed by atoms with E-state index in [0.717, 1.165) is 19.4 Å². The third kappa shape index (κ3) is 2.62. The van der Waals surface area contributed by atoms with Gasteiger partial charge in [0.2, 0.25) is 0 Å². The van der Waals surface area contributed by atoms with E-state index in [1.165, 1.54) is 6.42 Å². The van der Waals surface area contributed by atoms with Crippen LogP contribution in [0, 0.1) is 17.8 Å². The van der Waals surface area contributed by atoms with Gasteiger partial charge < -0.3 is 10.6 Å². The summed E-state index contributed by atoms with van der Waals surface area (Å²) in [6.07, 6.45) is 4.96. The molecule has 4 atom stereocenters. The Kier molecular flexibility index (Phi) is 4.08. The molecule has 0 aromatic carbocycles. The summed E-state index contributed by atoms with van der Waals surface area (Å²) in [7, 11) is 4.00. The van der Waals surface area contributed by atoms with Gasteiger partial charge in [-0.25, -0.2) is 0 Å². The molecule has 5 nitrogen and oxygen atoms in total. The molecule has 2 bridgehead atoms. The van der Waals surface area contributed by atoms with Crippen LogP contribution >= 0.6 is 11.6 Å². The standard InChI is InChI=1S/C15H23ClN4O/c1-19(2)5-6-20-14(11(16)8-18-20)15(21)12-9-3-4-10(7-9)13(12)17/h8-10,12-13H,3-7,17H2,1-2H3. The fraction of sp³-hybridized carbons (Fsp3) is 0.733. The fourth-order valence-corrected chi connectivity index (χ4v) is 4.19. The summed E-state index contributed by atoms with van der Waals surface area (Å²) in [4.78, 5) is 15.0. The first-order valence-corrected chi connectivity index (χ1v) is 8.02. The number of carbonyl (C=O) groups is 1. The van der Waals surface area contributed by atoms with E-state index in [-0.39, 0.29) is 17.7 Å². The summed E-state index contributed by atoms with van der Waals surface area (Å²) in [6, 6.07) is -0.00971. The van der Waals surface area contributed by atoms with Crippen LogP contribution in [-0.2, 0) is 6.54 Å². The van der Waals surface area contributed by atoms with Crippen LogP contribution in [0.25, 0.3) is 0 Å². The molecule has 0 spiro atoms. The molecule has 21 heavy (non-hydrogen) atoms. The van der Waals surface area contributed by atoms with Gasteiger partial charge in [-0.1, -0.05) is 11.6 Å². The molecule has 1 aromatic heterocycles. The van der Waals surface area contributed by atoms with Crippen molar-refractivity contribution in [3.8, 4) is 0 Å². The Morgan fingerprint density at radius 2 is 2.19 bits per heavy atom. The summed E-state index contributed by atoms with van der Waals surface area (Å²) >= 11 is 6.22. The van der Waals surface area contributed by atoms with Gasteiger partial charge in [-0.3, -0.25) is 9.48 Å². The summed E-state index contributed by atoms with van der Waals surface area (Å²) in [5, 5.41) is 4.72. The van der Waals surface area contributed by atoms with Gasteiger partial charge in [0.1, 0.15) is 5.69 Å². The average molecular weight is 311 g/mol. The number of Topliss-reactive ketones (excluding diaryl/α,β-unsaturated/α-hetero) is 1. The van der Waals surface area contributed by atoms with E-state index in [1.807, 2.05) is 14.1 Å². The number of rotatable bonds is 5. The van der Waals surface area contributed by atoms with Crippen molar-refractivity contribution < 1.29 is 4.79 Å². The molecular formula is C15H23ClN4O. The van der Waals surface area contributed by atoms with E-state index in [4.69, 9.17) is 17.3 Å². The highest BCUT2D eigenvalue weighted by Crippen LogP contribution is 2.48. The molecule has 0 aliphatic heterocycles. The zero-order valence-electron chi connectivity index (χ0n) is 12.6. The van der Waals surface area contributed by atoms with E-state index >= 15 is 0 Å². The van der Waals surface area contributed by atoms with Gasteiger partial charge in [-0.15, -0.1) is 0 Å². The molecular weight excluding hydrogens is 288 g/mol. The molecule has 3 rings (SSSR count). The lowest BCUT2D eigenvalue weighted by Crippen LogP contribution is -2.41. The number of aromatic nitrogens is 2. The minimum atomic E-state index is -0.0731. The second-order valence-corrected chi connectivity index (χ2v) is 7.08. The van der Waals surface area contributed by atoms with Crippen molar-refractivity contribution in [2.24, 2.45) is 23.5 Å². The van der Waals surface area contributed by atoms with Gasteiger partial charge in [0.25, 0.3) is 0 Å². The molecule has 2 N–H and O–H groups in total. The quantitative estimate of drug-likeness (QED) is 0.840. The van der Waals surface area contributed by atoms with E-state index in [9.17, 15) is 4.79 Å². The number of fused-ring (bicyclic) bond motifs is 2. The number of halogens is 1. The monoisotopic (exact) mass is 310 g/mol. The number of nitrogens with two attached hydrogens (primary N) is 1. The molecule has 1 aromatic rings. The number of ketones is 1. The Bertz CT molecular complexity index is 540. The summed E-state index contributed by atoms with van der Waals surface area (Å²) in [5.74, 6) is 0.971. The van der Waals surface area contributed by atoms with Gasteiger partial charge in [-0.2, -0.15) is 5.10 Å². The Hall–Kier alpha value is -0.910. The van der Waals surface area contributed by atoms with Crippen LogP contribution in [0.5, 0.6) is 0 Å². The first-order chi connectivity index (χ1) is 9.99. The summed E-state index contributed by atoms with van der Waals surface area (Å²) < 4.78 is 1.74. The van der Waals surface area contributed by atoms with Crippen molar-refractivity contribution in [3.05, 3.63) is 16.9 Å². The number of nitrogens with zero attached hydrogens (tertiary/aromatic N) is 3. The van der Waals surface area contributed by atoms with Crippen LogP contribution in [0.1, 0.15) is 29.8 Å². The van der Waals surface area contributed by atoms with Crippen molar-refractivity contribution in [3.63, 3.8) is 0 Å². The SMILES string of the molecule is CN(C)CCn1ncc(Cl)c1C(=O)C1C2CCC(C2)C1N. The number of hydrogen-bond donors (Lipinski definition) is 1. The highest BCUT2D eigenvalue weighted by atomic mass is 35.5. The molecule has 6 heteroatoms. The number of carbonyl (C=O) groups excluding carboxylic acids is 1. The largest absolute Gasteiger partial charge is 0.327 e. The van der Waals surface area contributed by atoms with E-state index in [1.54, 1.807) is 10.9 Å². The molecule has 116 valence electrons. The lowest BCUT2D eigenvalue weighted by atomic mass is 9.81. The smallest absolute Gasteiger partial charge is 0.187 e. The number of hydrogen-bond acceptors (Lipinski definition) is 4. The van der Waals surface area contributed by atoms with Crippen LogP contribution in [0.4, 0.5) is 0 Å². The Balaban J connectivity index is 1.83.